The summed E-state index contributed by atoms with van der Waals surface area (Å²) in [6.45, 7) is 6.56. The van der Waals surface area contributed by atoms with Crippen LogP contribution in [0.1, 0.15) is 34.6 Å². The highest BCUT2D eigenvalue weighted by Gasteiger charge is 2.63. The van der Waals surface area contributed by atoms with E-state index in [0.717, 1.165) is 0 Å². The fourth-order valence-electron chi connectivity index (χ4n) is 2.80. The molecule has 9 heteroatoms. The maximum Gasteiger partial charge on any atom is 0.305 e. The van der Waals surface area contributed by atoms with Crippen LogP contribution in [0, 0.1) is 0 Å². The van der Waals surface area contributed by atoms with Crippen LogP contribution >= 0.6 is 0 Å². The van der Waals surface area contributed by atoms with Crippen LogP contribution in [0.15, 0.2) is 0 Å². The zero-order valence-electron chi connectivity index (χ0n) is 14.3. The summed E-state index contributed by atoms with van der Waals surface area (Å²) in [6.07, 6.45) is -2.42. The van der Waals surface area contributed by atoms with E-state index < -0.39 is 47.8 Å². The molecule has 0 aromatic carbocycles. The van der Waals surface area contributed by atoms with Gasteiger partial charge in [-0.1, -0.05) is 0 Å². The summed E-state index contributed by atoms with van der Waals surface area (Å²) in [5.74, 6) is -4.41. The standard InChI is InChI=1S/C15H22O9/c1-8(16)19-7-15(22-10(3)18)13-12(23-14(4,5)24-13)11(6-20-15)21-9(2)17/h11-13H,6-7H2,1-5H3/t11-,12+,13+,15+/m0/s1. The van der Waals surface area contributed by atoms with Crippen LogP contribution in [0.5, 0.6) is 0 Å². The number of ether oxygens (including phenoxy) is 6. The van der Waals surface area contributed by atoms with E-state index in [9.17, 15) is 14.4 Å². The number of carbonyl (C=O) groups excluding carboxylic acids is 3. The van der Waals surface area contributed by atoms with Crippen LogP contribution < -0.4 is 0 Å². The van der Waals surface area contributed by atoms with Crippen LogP contribution in [0.4, 0.5) is 0 Å². The van der Waals surface area contributed by atoms with Gasteiger partial charge in [0.2, 0.25) is 0 Å². The van der Waals surface area contributed by atoms with Gasteiger partial charge in [-0.3, -0.25) is 14.4 Å². The smallest absolute Gasteiger partial charge is 0.305 e. The lowest BCUT2D eigenvalue weighted by Crippen LogP contribution is -2.64. The quantitative estimate of drug-likeness (QED) is 0.524. The molecule has 2 rings (SSSR count). The molecule has 0 aliphatic carbocycles. The second-order valence-corrected chi connectivity index (χ2v) is 6.17. The summed E-state index contributed by atoms with van der Waals surface area (Å²) in [5.41, 5.74) is 0. The van der Waals surface area contributed by atoms with Crippen molar-refractivity contribution >= 4 is 17.9 Å². The van der Waals surface area contributed by atoms with Gasteiger partial charge in [-0.25, -0.2) is 0 Å². The van der Waals surface area contributed by atoms with Crippen LogP contribution in [0.2, 0.25) is 0 Å². The lowest BCUT2D eigenvalue weighted by Gasteiger charge is -2.43. The highest BCUT2D eigenvalue weighted by atomic mass is 16.8. The normalized spacial score (nSPS) is 34.1. The van der Waals surface area contributed by atoms with Crippen LogP contribution in [0.25, 0.3) is 0 Å². The first-order valence-electron chi connectivity index (χ1n) is 7.54. The predicted octanol–water partition coefficient (Wildman–Crippen LogP) is 0.291. The van der Waals surface area contributed by atoms with E-state index in [4.69, 9.17) is 28.4 Å². The molecule has 9 nitrogen and oxygen atoms in total. The largest absolute Gasteiger partial charge is 0.459 e. The molecule has 0 bridgehead atoms. The van der Waals surface area contributed by atoms with Crippen LogP contribution in [-0.4, -0.2) is 61.0 Å². The molecule has 2 heterocycles. The van der Waals surface area contributed by atoms with Gasteiger partial charge in [0.05, 0.1) is 6.61 Å². The van der Waals surface area contributed by atoms with Gasteiger partial charge >= 0.3 is 17.9 Å². The van der Waals surface area contributed by atoms with Gasteiger partial charge in [0, 0.05) is 20.8 Å². The Kier molecular flexibility index (Phi) is 5.17. The number of esters is 3. The van der Waals surface area contributed by atoms with Crippen molar-refractivity contribution in [1.82, 2.24) is 0 Å². The SMILES string of the molecule is CC(=O)OC[C@]1(OC(C)=O)OC[C@H](OC(C)=O)[C@H]2OC(C)(C)O[C@H]21. The third-order valence-electron chi connectivity index (χ3n) is 3.53. The van der Waals surface area contributed by atoms with Crippen molar-refractivity contribution in [2.45, 2.75) is 64.5 Å². The van der Waals surface area contributed by atoms with Gasteiger partial charge in [-0.05, 0) is 13.8 Å². The summed E-state index contributed by atoms with van der Waals surface area (Å²) >= 11 is 0. The minimum absolute atomic E-state index is 0.102. The molecule has 0 saturated carbocycles. The second-order valence-electron chi connectivity index (χ2n) is 6.17. The van der Waals surface area contributed by atoms with E-state index >= 15 is 0 Å². The minimum Gasteiger partial charge on any atom is -0.459 e. The summed E-state index contributed by atoms with van der Waals surface area (Å²) < 4.78 is 32.8. The Morgan fingerprint density at radius 3 is 2.25 bits per heavy atom. The first-order chi connectivity index (χ1) is 11.0. The van der Waals surface area contributed by atoms with Crippen molar-refractivity contribution < 1.29 is 42.8 Å². The molecule has 0 amide bonds. The van der Waals surface area contributed by atoms with Gasteiger partial charge in [-0.2, -0.15) is 0 Å². The summed E-state index contributed by atoms with van der Waals surface area (Å²) in [5, 5.41) is 0. The van der Waals surface area contributed by atoms with Gasteiger partial charge in [0.15, 0.2) is 24.6 Å². The fraction of sp³-hybridized carbons (Fsp3) is 0.800. The number of rotatable bonds is 4. The Labute approximate surface area is 139 Å². The monoisotopic (exact) mass is 346 g/mol. The van der Waals surface area contributed by atoms with Gasteiger partial charge in [0.25, 0.3) is 5.79 Å². The number of hydrogen-bond acceptors (Lipinski definition) is 9. The van der Waals surface area contributed by atoms with Crippen molar-refractivity contribution in [1.29, 1.82) is 0 Å². The molecule has 0 aromatic heterocycles. The van der Waals surface area contributed by atoms with Crippen molar-refractivity contribution in [3.8, 4) is 0 Å². The second kappa shape index (κ2) is 6.66. The Morgan fingerprint density at radius 1 is 1.04 bits per heavy atom. The maximum absolute atomic E-state index is 11.5. The van der Waals surface area contributed by atoms with Gasteiger partial charge in [0.1, 0.15) is 6.10 Å². The van der Waals surface area contributed by atoms with E-state index in [-0.39, 0.29) is 13.2 Å². The van der Waals surface area contributed by atoms with Crippen molar-refractivity contribution in [2.24, 2.45) is 0 Å². The Bertz CT molecular complexity index is 529. The molecule has 2 saturated heterocycles. The molecule has 0 aromatic rings. The molecule has 24 heavy (non-hydrogen) atoms. The van der Waals surface area contributed by atoms with E-state index in [1.54, 1.807) is 13.8 Å². The molecule has 0 unspecified atom stereocenters. The summed E-state index contributed by atoms with van der Waals surface area (Å²) in [4.78, 5) is 34.0. The summed E-state index contributed by atoms with van der Waals surface area (Å²) in [6, 6.07) is 0. The van der Waals surface area contributed by atoms with E-state index in [2.05, 4.69) is 0 Å². The summed E-state index contributed by atoms with van der Waals surface area (Å²) in [7, 11) is 0. The van der Waals surface area contributed by atoms with Crippen LogP contribution in [-0.2, 0) is 42.8 Å². The van der Waals surface area contributed by atoms with Gasteiger partial charge in [-0.15, -0.1) is 0 Å². The fourth-order valence-corrected chi connectivity index (χ4v) is 2.80. The zero-order chi connectivity index (χ0) is 18.1. The lowest BCUT2D eigenvalue weighted by atomic mass is 9.97. The predicted molar refractivity (Wildman–Crippen MR) is 76.5 cm³/mol. The molecule has 0 radical (unpaired) electrons. The first-order valence-corrected chi connectivity index (χ1v) is 7.54. The average molecular weight is 346 g/mol. The van der Waals surface area contributed by atoms with E-state index in [1.807, 2.05) is 0 Å². The van der Waals surface area contributed by atoms with E-state index in [0.29, 0.717) is 0 Å². The molecular formula is C15H22O9. The third-order valence-corrected chi connectivity index (χ3v) is 3.53. The first kappa shape index (κ1) is 18.6. The number of hydrogen-bond donors (Lipinski definition) is 0. The topological polar surface area (TPSA) is 107 Å². The van der Waals surface area contributed by atoms with Crippen molar-refractivity contribution in [3.63, 3.8) is 0 Å². The highest BCUT2D eigenvalue weighted by Crippen LogP contribution is 2.42. The van der Waals surface area contributed by atoms with E-state index in [1.165, 1.54) is 20.8 Å². The molecule has 2 aliphatic rings. The molecule has 136 valence electrons. The highest BCUT2D eigenvalue weighted by molar-refractivity contribution is 5.67. The van der Waals surface area contributed by atoms with Crippen molar-refractivity contribution in [3.05, 3.63) is 0 Å². The number of carbonyl (C=O) groups is 3. The van der Waals surface area contributed by atoms with Crippen LogP contribution in [0.3, 0.4) is 0 Å². The zero-order valence-corrected chi connectivity index (χ0v) is 14.3. The Hall–Kier alpha value is -1.71. The number of fused-ring (bicyclic) bond motifs is 1. The third kappa shape index (κ3) is 4.03. The average Bonchev–Trinajstić information content (AvgIpc) is 2.75. The molecule has 0 N–H and O–H groups in total. The molecule has 4 atom stereocenters. The van der Waals surface area contributed by atoms with Gasteiger partial charge < -0.3 is 28.4 Å². The molecule has 2 aliphatic heterocycles. The minimum atomic E-state index is -1.67. The molecule has 2 fully saturated rings. The lowest BCUT2D eigenvalue weighted by molar-refractivity contribution is -0.321. The molecular weight excluding hydrogens is 324 g/mol. The van der Waals surface area contributed by atoms with Crippen molar-refractivity contribution in [2.75, 3.05) is 13.2 Å². The maximum atomic E-state index is 11.5. The Balaban J connectivity index is 2.32. The molecule has 0 spiro atoms. The Morgan fingerprint density at radius 2 is 1.71 bits per heavy atom.